The number of nitro groups is 1. The van der Waals surface area contributed by atoms with Gasteiger partial charge < -0.3 is 10.4 Å². The highest BCUT2D eigenvalue weighted by atomic mass is 19.3. The van der Waals surface area contributed by atoms with E-state index in [0.29, 0.717) is 11.3 Å². The first kappa shape index (κ1) is 13.3. The van der Waals surface area contributed by atoms with E-state index in [4.69, 9.17) is 5.11 Å². The number of nitrogens with zero attached hydrogens (tertiary/aromatic N) is 1. The van der Waals surface area contributed by atoms with Gasteiger partial charge in [-0.1, -0.05) is 6.07 Å². The number of aliphatic hydroxyl groups excluding tert-OH is 1. The monoisotopic (exact) mass is 246 g/mol. The standard InChI is InChI=1S/C10H12F2N2O3/c1-6-7(13-5-9(15)10(11)12)3-2-4-8(6)14(16)17/h2-4,9-10,13,15H,5H2,1H3. The minimum Gasteiger partial charge on any atom is -0.385 e. The van der Waals surface area contributed by atoms with Gasteiger partial charge in [0.05, 0.1) is 4.92 Å². The van der Waals surface area contributed by atoms with Crippen molar-refractivity contribution in [1.82, 2.24) is 0 Å². The number of nitrogens with one attached hydrogen (secondary N) is 1. The van der Waals surface area contributed by atoms with Gasteiger partial charge >= 0.3 is 0 Å². The Morgan fingerprint density at radius 3 is 2.71 bits per heavy atom. The summed E-state index contributed by atoms with van der Waals surface area (Å²) in [6.07, 6.45) is -4.64. The fourth-order valence-corrected chi connectivity index (χ4v) is 1.32. The minimum absolute atomic E-state index is 0.0958. The maximum absolute atomic E-state index is 12.0. The summed E-state index contributed by atoms with van der Waals surface area (Å²) in [5.41, 5.74) is 0.611. The normalized spacial score (nSPS) is 12.5. The first-order chi connectivity index (χ1) is 7.93. The number of nitro benzene ring substituents is 1. The summed E-state index contributed by atoms with van der Waals surface area (Å²) in [5.74, 6) is 0. The van der Waals surface area contributed by atoms with Crippen LogP contribution in [0.25, 0.3) is 0 Å². The fraction of sp³-hybridized carbons (Fsp3) is 0.400. The minimum atomic E-state index is -2.85. The van der Waals surface area contributed by atoms with E-state index in [-0.39, 0.29) is 12.2 Å². The molecular weight excluding hydrogens is 234 g/mol. The summed E-state index contributed by atoms with van der Waals surface area (Å²) >= 11 is 0. The van der Waals surface area contributed by atoms with Crippen LogP contribution in [-0.2, 0) is 0 Å². The molecule has 0 spiro atoms. The van der Waals surface area contributed by atoms with Crippen molar-refractivity contribution in [3.8, 4) is 0 Å². The second-order valence-corrected chi connectivity index (χ2v) is 3.49. The third-order valence-corrected chi connectivity index (χ3v) is 2.29. The van der Waals surface area contributed by atoms with Gasteiger partial charge in [0.1, 0.15) is 6.10 Å². The summed E-state index contributed by atoms with van der Waals surface area (Å²) in [5, 5.41) is 22.1. The predicted molar refractivity (Wildman–Crippen MR) is 58.3 cm³/mol. The Labute approximate surface area is 96.2 Å². The van der Waals surface area contributed by atoms with E-state index in [1.165, 1.54) is 25.1 Å². The third-order valence-electron chi connectivity index (χ3n) is 2.29. The topological polar surface area (TPSA) is 75.4 Å². The van der Waals surface area contributed by atoms with Gasteiger partial charge in [0.25, 0.3) is 12.1 Å². The van der Waals surface area contributed by atoms with Crippen LogP contribution < -0.4 is 5.32 Å². The highest BCUT2D eigenvalue weighted by Crippen LogP contribution is 2.25. The zero-order chi connectivity index (χ0) is 13.0. The van der Waals surface area contributed by atoms with Crippen LogP contribution in [0, 0.1) is 17.0 Å². The molecular formula is C10H12F2N2O3. The number of hydrogen-bond acceptors (Lipinski definition) is 4. The quantitative estimate of drug-likeness (QED) is 0.615. The molecule has 0 aliphatic rings. The van der Waals surface area contributed by atoms with E-state index < -0.39 is 17.5 Å². The number of benzene rings is 1. The lowest BCUT2D eigenvalue weighted by Crippen LogP contribution is -2.27. The van der Waals surface area contributed by atoms with E-state index in [9.17, 15) is 18.9 Å². The molecule has 0 aromatic heterocycles. The largest absolute Gasteiger partial charge is 0.385 e. The van der Waals surface area contributed by atoms with Crippen molar-refractivity contribution < 1.29 is 18.8 Å². The van der Waals surface area contributed by atoms with E-state index in [1.807, 2.05) is 0 Å². The molecule has 0 radical (unpaired) electrons. The van der Waals surface area contributed by atoms with Crippen molar-refractivity contribution in [2.75, 3.05) is 11.9 Å². The van der Waals surface area contributed by atoms with Gasteiger partial charge in [-0.2, -0.15) is 0 Å². The summed E-state index contributed by atoms with van der Waals surface area (Å²) in [4.78, 5) is 10.1. The Balaban J connectivity index is 2.79. The first-order valence-electron chi connectivity index (χ1n) is 4.87. The number of anilines is 1. The van der Waals surface area contributed by atoms with E-state index >= 15 is 0 Å². The average molecular weight is 246 g/mol. The molecule has 94 valence electrons. The maximum Gasteiger partial charge on any atom is 0.274 e. The molecule has 0 saturated heterocycles. The molecule has 0 bridgehead atoms. The molecule has 7 heteroatoms. The van der Waals surface area contributed by atoms with Gasteiger partial charge in [-0.25, -0.2) is 8.78 Å². The average Bonchev–Trinajstić information content (AvgIpc) is 2.26. The second-order valence-electron chi connectivity index (χ2n) is 3.49. The van der Waals surface area contributed by atoms with Crippen LogP contribution in [0.4, 0.5) is 20.2 Å². The molecule has 5 nitrogen and oxygen atoms in total. The van der Waals surface area contributed by atoms with Gasteiger partial charge in [0, 0.05) is 23.9 Å². The van der Waals surface area contributed by atoms with Crippen LogP contribution in [0.15, 0.2) is 18.2 Å². The maximum atomic E-state index is 12.0. The van der Waals surface area contributed by atoms with Crippen LogP contribution in [0.1, 0.15) is 5.56 Å². The van der Waals surface area contributed by atoms with Crippen molar-refractivity contribution in [1.29, 1.82) is 0 Å². The lowest BCUT2D eigenvalue weighted by Gasteiger charge is -2.13. The molecule has 1 aromatic rings. The highest BCUT2D eigenvalue weighted by Gasteiger charge is 2.18. The summed E-state index contributed by atoms with van der Waals surface area (Å²) in [6, 6.07) is 4.30. The lowest BCUT2D eigenvalue weighted by atomic mass is 10.1. The van der Waals surface area contributed by atoms with Crippen LogP contribution in [0.3, 0.4) is 0 Å². The van der Waals surface area contributed by atoms with Crippen molar-refractivity contribution in [2.24, 2.45) is 0 Å². The number of aliphatic hydroxyl groups is 1. The van der Waals surface area contributed by atoms with Gasteiger partial charge in [-0.15, -0.1) is 0 Å². The van der Waals surface area contributed by atoms with Crippen molar-refractivity contribution >= 4 is 11.4 Å². The number of rotatable bonds is 5. The molecule has 0 fully saturated rings. The second kappa shape index (κ2) is 5.53. The van der Waals surface area contributed by atoms with E-state index in [1.54, 1.807) is 0 Å². The van der Waals surface area contributed by atoms with Crippen LogP contribution in [0.5, 0.6) is 0 Å². The third kappa shape index (κ3) is 3.35. The number of halogens is 2. The molecule has 1 atom stereocenters. The van der Waals surface area contributed by atoms with E-state index in [2.05, 4.69) is 5.32 Å². The summed E-state index contributed by atoms with van der Waals surface area (Å²) in [6.45, 7) is 1.15. The molecule has 1 rings (SSSR count). The molecule has 0 heterocycles. The van der Waals surface area contributed by atoms with Crippen LogP contribution in [-0.4, -0.2) is 29.1 Å². The van der Waals surface area contributed by atoms with Crippen molar-refractivity contribution in [3.05, 3.63) is 33.9 Å². The zero-order valence-electron chi connectivity index (χ0n) is 9.06. The molecule has 17 heavy (non-hydrogen) atoms. The first-order valence-corrected chi connectivity index (χ1v) is 4.87. The molecule has 1 unspecified atom stereocenters. The number of hydrogen-bond donors (Lipinski definition) is 2. The SMILES string of the molecule is Cc1c(NCC(O)C(F)F)cccc1[N+](=O)[O-]. The van der Waals surface area contributed by atoms with Crippen LogP contribution in [0.2, 0.25) is 0 Å². The summed E-state index contributed by atoms with van der Waals surface area (Å²) in [7, 11) is 0. The fourth-order valence-electron chi connectivity index (χ4n) is 1.32. The Morgan fingerprint density at radius 1 is 1.53 bits per heavy atom. The molecule has 1 aromatic carbocycles. The Bertz CT molecular complexity index is 413. The zero-order valence-corrected chi connectivity index (χ0v) is 9.06. The van der Waals surface area contributed by atoms with E-state index in [0.717, 1.165) is 0 Å². The van der Waals surface area contributed by atoms with Gasteiger partial charge in [0.2, 0.25) is 0 Å². The molecule has 2 N–H and O–H groups in total. The molecule has 0 aliphatic carbocycles. The number of alkyl halides is 2. The molecule has 0 aliphatic heterocycles. The van der Waals surface area contributed by atoms with Gasteiger partial charge in [0.15, 0.2) is 0 Å². The Hall–Kier alpha value is -1.76. The van der Waals surface area contributed by atoms with Crippen LogP contribution >= 0.6 is 0 Å². The van der Waals surface area contributed by atoms with Crippen molar-refractivity contribution in [2.45, 2.75) is 19.5 Å². The smallest absolute Gasteiger partial charge is 0.274 e. The lowest BCUT2D eigenvalue weighted by molar-refractivity contribution is -0.385. The van der Waals surface area contributed by atoms with Crippen molar-refractivity contribution in [3.63, 3.8) is 0 Å². The van der Waals surface area contributed by atoms with Gasteiger partial charge in [-0.05, 0) is 13.0 Å². The van der Waals surface area contributed by atoms with Gasteiger partial charge in [-0.3, -0.25) is 10.1 Å². The summed E-state index contributed by atoms with van der Waals surface area (Å²) < 4.78 is 24.1. The highest BCUT2D eigenvalue weighted by molar-refractivity contribution is 5.59. The Kier molecular flexibility index (Phi) is 4.33. The molecule has 0 saturated carbocycles. The Morgan fingerprint density at radius 2 is 2.18 bits per heavy atom. The molecule has 0 amide bonds. The predicted octanol–water partition coefficient (Wildman–Crippen LogP) is 1.94.